The molecule has 1 fully saturated rings. The van der Waals surface area contributed by atoms with Crippen LogP contribution in [0.15, 0.2) is 40.9 Å². The predicted molar refractivity (Wildman–Crippen MR) is 100 cm³/mol. The van der Waals surface area contributed by atoms with Crippen LogP contribution in [0.3, 0.4) is 0 Å². The highest BCUT2D eigenvalue weighted by Crippen LogP contribution is 2.30. The van der Waals surface area contributed by atoms with Gasteiger partial charge in [0.15, 0.2) is 0 Å². The van der Waals surface area contributed by atoms with Gasteiger partial charge in [0.1, 0.15) is 0 Å². The topological polar surface area (TPSA) is 32.3 Å². The summed E-state index contributed by atoms with van der Waals surface area (Å²) < 4.78 is 1.07. The minimum Gasteiger partial charge on any atom is -0.338 e. The summed E-state index contributed by atoms with van der Waals surface area (Å²) in [5, 5.41) is 3.23. The third-order valence-corrected chi connectivity index (χ3v) is 5.90. The molecule has 2 aromatic rings. The summed E-state index contributed by atoms with van der Waals surface area (Å²) in [6.45, 7) is 2.73. The zero-order chi connectivity index (χ0) is 16.2. The van der Waals surface area contributed by atoms with Crippen LogP contribution >= 0.6 is 27.3 Å². The van der Waals surface area contributed by atoms with Gasteiger partial charge in [0, 0.05) is 22.4 Å². The van der Waals surface area contributed by atoms with Gasteiger partial charge in [-0.2, -0.15) is 0 Å². The molecule has 1 aliphatic rings. The van der Waals surface area contributed by atoms with Gasteiger partial charge < -0.3 is 10.2 Å². The third kappa shape index (κ3) is 4.03. The lowest BCUT2D eigenvalue weighted by Gasteiger charge is -2.32. The molecular weight excluding hydrogens is 372 g/mol. The molecule has 1 atom stereocenters. The van der Waals surface area contributed by atoms with Gasteiger partial charge in [0.25, 0.3) is 5.91 Å². The number of nitrogens with zero attached hydrogens (tertiary/aromatic N) is 1. The first-order valence-corrected chi connectivity index (χ1v) is 9.58. The Labute approximate surface area is 149 Å². The van der Waals surface area contributed by atoms with Gasteiger partial charge in [-0.25, -0.2) is 0 Å². The Balaban J connectivity index is 1.72. The Morgan fingerprint density at radius 2 is 2.09 bits per heavy atom. The molecule has 0 bridgehead atoms. The number of likely N-dealkylation sites (tertiary alicyclic amines) is 1. The number of amides is 1. The van der Waals surface area contributed by atoms with E-state index in [-0.39, 0.29) is 5.91 Å². The second kappa shape index (κ2) is 7.60. The van der Waals surface area contributed by atoms with Crippen LogP contribution in [-0.4, -0.2) is 37.5 Å². The molecule has 3 nitrogen and oxygen atoms in total. The van der Waals surface area contributed by atoms with Crippen molar-refractivity contribution in [3.05, 3.63) is 45.7 Å². The van der Waals surface area contributed by atoms with Crippen molar-refractivity contribution in [3.8, 4) is 10.4 Å². The molecule has 1 aromatic heterocycles. The third-order valence-electron chi connectivity index (χ3n) is 4.24. The van der Waals surface area contributed by atoms with Crippen LogP contribution in [0.2, 0.25) is 0 Å². The van der Waals surface area contributed by atoms with Crippen molar-refractivity contribution in [2.45, 2.75) is 12.8 Å². The molecule has 0 aliphatic carbocycles. The zero-order valence-electron chi connectivity index (χ0n) is 13.2. The van der Waals surface area contributed by atoms with E-state index in [1.165, 1.54) is 6.42 Å². The molecule has 23 heavy (non-hydrogen) atoms. The van der Waals surface area contributed by atoms with E-state index in [0.717, 1.165) is 45.8 Å². The summed E-state index contributed by atoms with van der Waals surface area (Å²) in [7, 11) is 1.98. The van der Waals surface area contributed by atoms with Crippen LogP contribution in [0.4, 0.5) is 0 Å². The molecule has 1 aromatic carbocycles. The Hall–Kier alpha value is -1.17. The van der Waals surface area contributed by atoms with E-state index in [1.54, 1.807) is 11.3 Å². The molecule has 1 saturated heterocycles. The van der Waals surface area contributed by atoms with Gasteiger partial charge in [0.2, 0.25) is 0 Å². The number of nitrogens with one attached hydrogen (secondary N) is 1. The number of hydrogen-bond donors (Lipinski definition) is 1. The van der Waals surface area contributed by atoms with Gasteiger partial charge >= 0.3 is 0 Å². The standard InChI is InChI=1S/C18H21BrN2OS/c1-20-11-13-3-2-10-21(12-13)18(22)17-9-8-16(23-17)14-4-6-15(19)7-5-14/h4-9,13,20H,2-3,10-12H2,1H3. The second-order valence-corrected chi connectivity index (χ2v) is 7.99. The summed E-state index contributed by atoms with van der Waals surface area (Å²) in [5.74, 6) is 0.753. The Morgan fingerprint density at radius 1 is 1.30 bits per heavy atom. The molecule has 1 aliphatic heterocycles. The average Bonchev–Trinajstić information content (AvgIpc) is 3.05. The summed E-state index contributed by atoms with van der Waals surface area (Å²) >= 11 is 5.04. The number of hydrogen-bond acceptors (Lipinski definition) is 3. The number of rotatable bonds is 4. The van der Waals surface area contributed by atoms with Crippen molar-refractivity contribution in [3.63, 3.8) is 0 Å². The van der Waals surface area contributed by atoms with E-state index in [1.807, 2.05) is 30.1 Å². The summed E-state index contributed by atoms with van der Waals surface area (Å²) in [6, 6.07) is 12.2. The first kappa shape index (κ1) is 16.7. The Morgan fingerprint density at radius 3 is 2.83 bits per heavy atom. The van der Waals surface area contributed by atoms with E-state index in [0.29, 0.717) is 5.92 Å². The lowest BCUT2D eigenvalue weighted by atomic mass is 9.98. The van der Waals surface area contributed by atoms with Crippen LogP contribution in [-0.2, 0) is 0 Å². The molecular formula is C18H21BrN2OS. The van der Waals surface area contributed by atoms with Gasteiger partial charge in [0.05, 0.1) is 4.88 Å². The molecule has 1 unspecified atom stereocenters. The van der Waals surface area contributed by atoms with Crippen molar-refractivity contribution in [2.24, 2.45) is 5.92 Å². The maximum Gasteiger partial charge on any atom is 0.263 e. The van der Waals surface area contributed by atoms with E-state index >= 15 is 0 Å². The molecule has 0 radical (unpaired) electrons. The highest BCUT2D eigenvalue weighted by molar-refractivity contribution is 9.10. The lowest BCUT2D eigenvalue weighted by Crippen LogP contribution is -2.42. The number of piperidine rings is 1. The quantitative estimate of drug-likeness (QED) is 0.843. The van der Waals surface area contributed by atoms with E-state index < -0.39 is 0 Å². The highest BCUT2D eigenvalue weighted by Gasteiger charge is 2.25. The molecule has 122 valence electrons. The largest absolute Gasteiger partial charge is 0.338 e. The molecule has 1 amide bonds. The van der Waals surface area contributed by atoms with Crippen molar-refractivity contribution in [2.75, 3.05) is 26.7 Å². The molecule has 5 heteroatoms. The molecule has 2 heterocycles. The fraction of sp³-hybridized carbons (Fsp3) is 0.389. The van der Waals surface area contributed by atoms with Crippen molar-refractivity contribution in [1.82, 2.24) is 10.2 Å². The van der Waals surface area contributed by atoms with Crippen LogP contribution in [0.25, 0.3) is 10.4 Å². The number of carbonyl (C=O) groups excluding carboxylic acids is 1. The maximum absolute atomic E-state index is 12.8. The molecule has 3 rings (SSSR count). The first-order chi connectivity index (χ1) is 11.2. The fourth-order valence-electron chi connectivity index (χ4n) is 3.08. The number of carbonyl (C=O) groups is 1. The smallest absolute Gasteiger partial charge is 0.263 e. The summed E-state index contributed by atoms with van der Waals surface area (Å²) in [5.41, 5.74) is 1.16. The molecule has 0 saturated carbocycles. The number of halogens is 1. The number of thiophene rings is 1. The zero-order valence-corrected chi connectivity index (χ0v) is 15.6. The van der Waals surface area contributed by atoms with E-state index in [9.17, 15) is 4.79 Å². The fourth-order valence-corrected chi connectivity index (χ4v) is 4.33. The normalized spacial score (nSPS) is 18.2. The van der Waals surface area contributed by atoms with Crippen LogP contribution in [0.1, 0.15) is 22.5 Å². The molecule has 1 N–H and O–H groups in total. The summed E-state index contributed by atoms with van der Waals surface area (Å²) in [4.78, 5) is 16.8. The predicted octanol–water partition coefficient (Wildman–Crippen LogP) is 4.25. The maximum atomic E-state index is 12.8. The van der Waals surface area contributed by atoms with Gasteiger partial charge in [-0.15, -0.1) is 11.3 Å². The molecule has 0 spiro atoms. The van der Waals surface area contributed by atoms with E-state index in [2.05, 4.69) is 39.4 Å². The minimum absolute atomic E-state index is 0.180. The van der Waals surface area contributed by atoms with Crippen LogP contribution in [0.5, 0.6) is 0 Å². The first-order valence-electron chi connectivity index (χ1n) is 7.97. The Kier molecular flexibility index (Phi) is 5.51. The van der Waals surface area contributed by atoms with Crippen LogP contribution < -0.4 is 5.32 Å². The lowest BCUT2D eigenvalue weighted by molar-refractivity contribution is 0.0679. The van der Waals surface area contributed by atoms with Crippen molar-refractivity contribution < 1.29 is 4.79 Å². The van der Waals surface area contributed by atoms with Crippen LogP contribution in [0, 0.1) is 5.92 Å². The Bertz CT molecular complexity index is 666. The number of benzene rings is 1. The van der Waals surface area contributed by atoms with Gasteiger partial charge in [-0.1, -0.05) is 28.1 Å². The van der Waals surface area contributed by atoms with Crippen molar-refractivity contribution in [1.29, 1.82) is 0 Å². The van der Waals surface area contributed by atoms with Gasteiger partial charge in [-0.05, 0) is 62.2 Å². The monoisotopic (exact) mass is 392 g/mol. The summed E-state index contributed by atoms with van der Waals surface area (Å²) in [6.07, 6.45) is 2.31. The highest BCUT2D eigenvalue weighted by atomic mass is 79.9. The van der Waals surface area contributed by atoms with E-state index in [4.69, 9.17) is 0 Å². The van der Waals surface area contributed by atoms with Crippen molar-refractivity contribution >= 4 is 33.2 Å². The van der Waals surface area contributed by atoms with Gasteiger partial charge in [-0.3, -0.25) is 4.79 Å². The SMILES string of the molecule is CNCC1CCCN(C(=O)c2ccc(-c3ccc(Br)cc3)s2)C1. The average molecular weight is 393 g/mol. The second-order valence-electron chi connectivity index (χ2n) is 5.99. The minimum atomic E-state index is 0.180.